The van der Waals surface area contributed by atoms with Gasteiger partial charge >= 0.3 is 5.97 Å². The number of carbonyl (C=O) groups is 2. The minimum atomic E-state index is -0.280. The molecule has 10 heteroatoms. The summed E-state index contributed by atoms with van der Waals surface area (Å²) in [6.07, 6.45) is 0.840. The van der Waals surface area contributed by atoms with Crippen molar-refractivity contribution < 1.29 is 19.1 Å². The molecule has 0 radical (unpaired) electrons. The molecule has 0 aliphatic rings. The summed E-state index contributed by atoms with van der Waals surface area (Å²) in [5.41, 5.74) is 0.797. The smallest absolute Gasteiger partial charge is 0.305 e. The molecule has 1 aromatic heterocycles. The molecule has 0 unspecified atom stereocenters. The van der Waals surface area contributed by atoms with E-state index in [4.69, 9.17) is 4.74 Å². The second kappa shape index (κ2) is 10.6. The first kappa shape index (κ1) is 20.0. The number of esters is 1. The standard InChI is InChI=1S/C16H20N4O4S2/c1-23-12-7-4-3-6-11(12)18-15-19-20-16(26-15)25-10-13(21)17-9-5-8-14(22)24-2/h3-4,6-7H,5,8-10H2,1-2H3,(H,17,21)(H,18,19). The zero-order valence-electron chi connectivity index (χ0n) is 14.5. The molecule has 0 saturated carbocycles. The Kier molecular flexibility index (Phi) is 8.16. The summed E-state index contributed by atoms with van der Waals surface area (Å²) in [7, 11) is 2.95. The first-order chi connectivity index (χ1) is 12.6. The lowest BCUT2D eigenvalue weighted by Gasteiger charge is -2.07. The van der Waals surface area contributed by atoms with Crippen LogP contribution in [0.4, 0.5) is 10.8 Å². The Morgan fingerprint density at radius 1 is 1.23 bits per heavy atom. The van der Waals surface area contributed by atoms with Gasteiger partial charge in [-0.2, -0.15) is 0 Å². The van der Waals surface area contributed by atoms with Gasteiger partial charge in [-0.25, -0.2) is 0 Å². The summed E-state index contributed by atoms with van der Waals surface area (Å²) in [6, 6.07) is 7.51. The van der Waals surface area contributed by atoms with Crippen LogP contribution < -0.4 is 15.4 Å². The first-order valence-corrected chi connectivity index (χ1v) is 9.62. The van der Waals surface area contributed by atoms with Crippen LogP contribution in [0.3, 0.4) is 0 Å². The van der Waals surface area contributed by atoms with Crippen LogP contribution in [-0.4, -0.2) is 48.6 Å². The van der Waals surface area contributed by atoms with Gasteiger partial charge in [0, 0.05) is 13.0 Å². The number of aromatic nitrogens is 2. The quantitative estimate of drug-likeness (QED) is 0.359. The molecule has 0 bridgehead atoms. The van der Waals surface area contributed by atoms with Gasteiger partial charge in [0.2, 0.25) is 11.0 Å². The Bertz CT molecular complexity index is 739. The number of amides is 1. The van der Waals surface area contributed by atoms with Crippen molar-refractivity contribution in [3.63, 3.8) is 0 Å². The highest BCUT2D eigenvalue weighted by Gasteiger charge is 2.10. The molecule has 2 aromatic rings. The lowest BCUT2D eigenvalue weighted by atomic mass is 10.3. The molecular weight excluding hydrogens is 376 g/mol. The van der Waals surface area contributed by atoms with E-state index < -0.39 is 0 Å². The molecule has 0 aliphatic carbocycles. The van der Waals surface area contributed by atoms with E-state index in [1.165, 1.54) is 30.2 Å². The maximum absolute atomic E-state index is 11.8. The Morgan fingerprint density at radius 3 is 2.81 bits per heavy atom. The number of methoxy groups -OCH3 is 2. The van der Waals surface area contributed by atoms with Crippen LogP contribution in [0, 0.1) is 0 Å². The van der Waals surface area contributed by atoms with Crippen molar-refractivity contribution in [3.8, 4) is 5.75 Å². The molecular formula is C16H20N4O4S2. The van der Waals surface area contributed by atoms with Crippen molar-refractivity contribution in [2.24, 2.45) is 0 Å². The molecule has 26 heavy (non-hydrogen) atoms. The van der Waals surface area contributed by atoms with E-state index in [-0.39, 0.29) is 24.1 Å². The zero-order chi connectivity index (χ0) is 18.8. The van der Waals surface area contributed by atoms with E-state index in [1.807, 2.05) is 24.3 Å². The second-order valence-electron chi connectivity index (χ2n) is 5.02. The molecule has 1 heterocycles. The summed E-state index contributed by atoms with van der Waals surface area (Å²) in [4.78, 5) is 22.8. The lowest BCUT2D eigenvalue weighted by Crippen LogP contribution is -2.26. The number of nitrogens with zero attached hydrogens (tertiary/aromatic N) is 2. The van der Waals surface area contributed by atoms with Gasteiger partial charge in [0.15, 0.2) is 4.34 Å². The second-order valence-corrected chi connectivity index (χ2v) is 7.22. The summed E-state index contributed by atoms with van der Waals surface area (Å²) in [5, 5.41) is 14.6. The third kappa shape index (κ3) is 6.52. The topological polar surface area (TPSA) is 102 Å². The third-order valence-electron chi connectivity index (χ3n) is 3.19. The Morgan fingerprint density at radius 2 is 2.04 bits per heavy atom. The number of carbonyl (C=O) groups excluding carboxylic acids is 2. The van der Waals surface area contributed by atoms with Crippen molar-refractivity contribution in [2.45, 2.75) is 17.2 Å². The van der Waals surface area contributed by atoms with Crippen molar-refractivity contribution in [1.82, 2.24) is 15.5 Å². The molecule has 1 amide bonds. The van der Waals surface area contributed by atoms with E-state index in [2.05, 4.69) is 25.6 Å². The number of ether oxygens (including phenoxy) is 2. The zero-order valence-corrected chi connectivity index (χ0v) is 16.1. The van der Waals surface area contributed by atoms with E-state index >= 15 is 0 Å². The van der Waals surface area contributed by atoms with Crippen molar-refractivity contribution in [2.75, 3.05) is 31.8 Å². The highest BCUT2D eigenvalue weighted by molar-refractivity contribution is 8.01. The summed E-state index contributed by atoms with van der Waals surface area (Å²) in [5.74, 6) is 0.553. The van der Waals surface area contributed by atoms with Crippen molar-refractivity contribution in [3.05, 3.63) is 24.3 Å². The van der Waals surface area contributed by atoms with Gasteiger partial charge in [0.05, 0.1) is 25.7 Å². The molecule has 0 atom stereocenters. The highest BCUT2D eigenvalue weighted by Crippen LogP contribution is 2.31. The summed E-state index contributed by atoms with van der Waals surface area (Å²) in [6.45, 7) is 0.436. The van der Waals surface area contributed by atoms with Crippen LogP contribution in [0.2, 0.25) is 0 Å². The molecule has 1 aromatic carbocycles. The normalized spacial score (nSPS) is 10.2. The van der Waals surface area contributed by atoms with Crippen LogP contribution in [0.25, 0.3) is 0 Å². The Balaban J connectivity index is 1.74. The van der Waals surface area contributed by atoms with Crippen molar-refractivity contribution in [1.29, 1.82) is 0 Å². The highest BCUT2D eigenvalue weighted by atomic mass is 32.2. The van der Waals surface area contributed by atoms with Gasteiger partial charge in [-0.1, -0.05) is 35.2 Å². The van der Waals surface area contributed by atoms with E-state index in [9.17, 15) is 9.59 Å². The van der Waals surface area contributed by atoms with E-state index in [1.54, 1.807) is 7.11 Å². The van der Waals surface area contributed by atoms with E-state index in [0.717, 1.165) is 5.69 Å². The van der Waals surface area contributed by atoms with Gasteiger partial charge in [-0.05, 0) is 18.6 Å². The van der Waals surface area contributed by atoms with Gasteiger partial charge in [-0.3, -0.25) is 9.59 Å². The SMILES string of the molecule is COC(=O)CCCNC(=O)CSc1nnc(Nc2ccccc2OC)s1. The fourth-order valence-corrected chi connectivity index (χ4v) is 3.52. The molecule has 0 saturated heterocycles. The number of hydrogen-bond donors (Lipinski definition) is 2. The molecule has 140 valence electrons. The number of benzene rings is 1. The monoisotopic (exact) mass is 396 g/mol. The molecule has 2 N–H and O–H groups in total. The summed E-state index contributed by atoms with van der Waals surface area (Å²) < 4.78 is 10.5. The minimum Gasteiger partial charge on any atom is -0.495 e. The fraction of sp³-hybridized carbons (Fsp3) is 0.375. The van der Waals surface area contributed by atoms with Gasteiger partial charge in [0.25, 0.3) is 0 Å². The molecule has 0 spiro atoms. The number of rotatable bonds is 10. The Labute approximate surface area is 159 Å². The molecule has 0 aliphatic heterocycles. The van der Waals surface area contributed by atoms with Crippen LogP contribution in [0.5, 0.6) is 5.75 Å². The van der Waals surface area contributed by atoms with Crippen LogP contribution in [0.15, 0.2) is 28.6 Å². The predicted octanol–water partition coefficient (Wildman–Crippen LogP) is 2.45. The number of hydrogen-bond acceptors (Lipinski definition) is 9. The minimum absolute atomic E-state index is 0.116. The fourth-order valence-electron chi connectivity index (χ4n) is 1.92. The maximum atomic E-state index is 11.8. The third-order valence-corrected chi connectivity index (χ3v) is 5.16. The van der Waals surface area contributed by atoms with Crippen LogP contribution >= 0.6 is 23.1 Å². The lowest BCUT2D eigenvalue weighted by molar-refractivity contribution is -0.140. The first-order valence-electron chi connectivity index (χ1n) is 7.82. The van der Waals surface area contributed by atoms with Gasteiger partial charge in [0.1, 0.15) is 5.75 Å². The van der Waals surface area contributed by atoms with Gasteiger partial charge in [-0.15, -0.1) is 10.2 Å². The summed E-state index contributed by atoms with van der Waals surface area (Å²) >= 11 is 2.67. The van der Waals surface area contributed by atoms with E-state index in [0.29, 0.717) is 28.2 Å². The molecule has 2 rings (SSSR count). The predicted molar refractivity (Wildman–Crippen MR) is 101 cm³/mol. The largest absolute Gasteiger partial charge is 0.495 e. The maximum Gasteiger partial charge on any atom is 0.305 e. The van der Waals surface area contributed by atoms with Crippen LogP contribution in [-0.2, 0) is 14.3 Å². The Hall–Kier alpha value is -2.33. The molecule has 0 fully saturated rings. The number of anilines is 2. The number of nitrogens with one attached hydrogen (secondary N) is 2. The molecule has 8 nitrogen and oxygen atoms in total. The van der Waals surface area contributed by atoms with Crippen LogP contribution in [0.1, 0.15) is 12.8 Å². The average Bonchev–Trinajstić information content (AvgIpc) is 3.11. The number of thioether (sulfide) groups is 1. The average molecular weight is 396 g/mol. The van der Waals surface area contributed by atoms with Gasteiger partial charge < -0.3 is 20.1 Å². The van der Waals surface area contributed by atoms with Crippen molar-refractivity contribution >= 4 is 45.8 Å². The number of para-hydroxylation sites is 2.